The highest BCUT2D eigenvalue weighted by atomic mass is 16.4. The number of benzene rings is 2. The maximum absolute atomic E-state index is 12.3. The third-order valence-corrected chi connectivity index (χ3v) is 4.30. The molecule has 1 unspecified atom stereocenters. The molecule has 24 heavy (non-hydrogen) atoms. The summed E-state index contributed by atoms with van der Waals surface area (Å²) in [6.07, 6.45) is 1.72. The molecule has 124 valence electrons. The van der Waals surface area contributed by atoms with E-state index in [9.17, 15) is 9.59 Å². The van der Waals surface area contributed by atoms with Crippen molar-refractivity contribution in [1.29, 1.82) is 0 Å². The molecule has 0 spiro atoms. The van der Waals surface area contributed by atoms with Gasteiger partial charge in [0, 0.05) is 18.8 Å². The van der Waals surface area contributed by atoms with E-state index in [0.29, 0.717) is 18.0 Å². The Morgan fingerprint density at radius 2 is 1.92 bits per heavy atom. The number of carboxylic acids is 1. The normalized spacial score (nSPS) is 16.8. The zero-order valence-electron chi connectivity index (χ0n) is 13.3. The van der Waals surface area contributed by atoms with Crippen LogP contribution in [-0.4, -0.2) is 35.1 Å². The number of likely N-dealkylation sites (tertiary alicyclic amines) is 1. The van der Waals surface area contributed by atoms with Gasteiger partial charge >= 0.3 is 12.0 Å². The van der Waals surface area contributed by atoms with Crippen molar-refractivity contribution in [2.45, 2.75) is 12.8 Å². The summed E-state index contributed by atoms with van der Waals surface area (Å²) in [4.78, 5) is 25.2. The number of hydrogen-bond acceptors (Lipinski definition) is 2. The SMILES string of the molecule is O=C(O)c1cccc(CC2CCN(C(=O)Nc3ccccc3)C2)c1. The fraction of sp³-hybridized carbons (Fsp3) is 0.263. The lowest BCUT2D eigenvalue weighted by atomic mass is 9.97. The van der Waals surface area contributed by atoms with Crippen LogP contribution in [0.25, 0.3) is 0 Å². The van der Waals surface area contributed by atoms with Gasteiger partial charge in [-0.25, -0.2) is 9.59 Å². The van der Waals surface area contributed by atoms with Crippen LogP contribution in [0.2, 0.25) is 0 Å². The smallest absolute Gasteiger partial charge is 0.335 e. The minimum atomic E-state index is -0.910. The Balaban J connectivity index is 1.56. The van der Waals surface area contributed by atoms with E-state index >= 15 is 0 Å². The molecule has 1 heterocycles. The van der Waals surface area contributed by atoms with Gasteiger partial charge in [-0.05, 0) is 48.6 Å². The van der Waals surface area contributed by atoms with Crippen LogP contribution in [0.1, 0.15) is 22.3 Å². The van der Waals surface area contributed by atoms with Crippen molar-refractivity contribution >= 4 is 17.7 Å². The number of carbonyl (C=O) groups is 2. The summed E-state index contributed by atoms with van der Waals surface area (Å²) in [5, 5.41) is 12.0. The third-order valence-electron chi connectivity index (χ3n) is 4.30. The fourth-order valence-electron chi connectivity index (χ4n) is 3.07. The van der Waals surface area contributed by atoms with E-state index in [-0.39, 0.29) is 6.03 Å². The van der Waals surface area contributed by atoms with Crippen LogP contribution in [0, 0.1) is 5.92 Å². The van der Waals surface area contributed by atoms with E-state index in [1.165, 1.54) is 0 Å². The lowest BCUT2D eigenvalue weighted by molar-refractivity contribution is 0.0696. The van der Waals surface area contributed by atoms with Gasteiger partial charge in [0.15, 0.2) is 0 Å². The molecule has 0 saturated carbocycles. The number of nitrogens with zero attached hydrogens (tertiary/aromatic N) is 1. The van der Waals surface area contributed by atoms with E-state index in [4.69, 9.17) is 5.11 Å². The zero-order valence-corrected chi connectivity index (χ0v) is 13.3. The average molecular weight is 324 g/mol. The topological polar surface area (TPSA) is 69.6 Å². The Hall–Kier alpha value is -2.82. The van der Waals surface area contributed by atoms with Gasteiger partial charge in [-0.15, -0.1) is 0 Å². The quantitative estimate of drug-likeness (QED) is 0.904. The number of carboxylic acid groups (broad SMARTS) is 1. The molecule has 0 bridgehead atoms. The number of nitrogens with one attached hydrogen (secondary N) is 1. The number of carbonyl (C=O) groups excluding carboxylic acids is 1. The predicted octanol–water partition coefficient (Wildman–Crippen LogP) is 3.48. The van der Waals surface area contributed by atoms with Gasteiger partial charge in [0.05, 0.1) is 5.56 Å². The summed E-state index contributed by atoms with van der Waals surface area (Å²) < 4.78 is 0. The van der Waals surface area contributed by atoms with Crippen molar-refractivity contribution in [2.24, 2.45) is 5.92 Å². The van der Waals surface area contributed by atoms with Crippen LogP contribution in [0.3, 0.4) is 0 Å². The van der Waals surface area contributed by atoms with Crippen molar-refractivity contribution in [3.05, 3.63) is 65.7 Å². The number of para-hydroxylation sites is 1. The Bertz CT molecular complexity index is 730. The van der Waals surface area contributed by atoms with Crippen molar-refractivity contribution in [1.82, 2.24) is 4.90 Å². The lowest BCUT2D eigenvalue weighted by Gasteiger charge is -2.17. The number of amides is 2. The highest BCUT2D eigenvalue weighted by molar-refractivity contribution is 5.89. The molecule has 0 aromatic heterocycles. The molecule has 3 rings (SSSR count). The van der Waals surface area contributed by atoms with Crippen LogP contribution in [0.5, 0.6) is 0 Å². The second-order valence-electron chi connectivity index (χ2n) is 6.11. The van der Waals surface area contributed by atoms with Crippen molar-refractivity contribution < 1.29 is 14.7 Å². The largest absolute Gasteiger partial charge is 0.478 e. The van der Waals surface area contributed by atoms with E-state index in [1.807, 2.05) is 41.3 Å². The Kier molecular flexibility index (Phi) is 4.79. The number of aromatic carboxylic acids is 1. The van der Waals surface area contributed by atoms with E-state index in [0.717, 1.165) is 30.6 Å². The molecule has 5 heteroatoms. The predicted molar refractivity (Wildman–Crippen MR) is 92.2 cm³/mol. The van der Waals surface area contributed by atoms with E-state index < -0.39 is 5.97 Å². The van der Waals surface area contributed by atoms with Crippen molar-refractivity contribution in [2.75, 3.05) is 18.4 Å². The first kappa shape index (κ1) is 16.1. The highest BCUT2D eigenvalue weighted by Gasteiger charge is 2.26. The Morgan fingerprint density at radius 1 is 1.12 bits per heavy atom. The number of anilines is 1. The van der Waals surface area contributed by atoms with Gasteiger partial charge in [0.1, 0.15) is 0 Å². The monoisotopic (exact) mass is 324 g/mol. The molecular weight excluding hydrogens is 304 g/mol. The molecule has 0 aliphatic carbocycles. The summed E-state index contributed by atoms with van der Waals surface area (Å²) in [7, 11) is 0. The molecule has 2 N–H and O–H groups in total. The van der Waals surface area contributed by atoms with Gasteiger partial charge in [0.25, 0.3) is 0 Å². The molecule has 0 radical (unpaired) electrons. The summed E-state index contributed by atoms with van der Waals surface area (Å²) in [6, 6.07) is 16.4. The summed E-state index contributed by atoms with van der Waals surface area (Å²) in [5.74, 6) is -0.553. The molecule has 5 nitrogen and oxygen atoms in total. The highest BCUT2D eigenvalue weighted by Crippen LogP contribution is 2.22. The molecule has 1 saturated heterocycles. The van der Waals surface area contributed by atoms with Crippen molar-refractivity contribution in [3.63, 3.8) is 0 Å². The summed E-state index contributed by atoms with van der Waals surface area (Å²) in [5.41, 5.74) is 2.11. The summed E-state index contributed by atoms with van der Waals surface area (Å²) >= 11 is 0. The molecular formula is C19H20N2O3. The minimum absolute atomic E-state index is 0.0806. The van der Waals surface area contributed by atoms with Gasteiger partial charge in [-0.2, -0.15) is 0 Å². The molecule has 1 fully saturated rings. The average Bonchev–Trinajstić information content (AvgIpc) is 3.04. The van der Waals surface area contributed by atoms with Crippen LogP contribution >= 0.6 is 0 Å². The van der Waals surface area contributed by atoms with Crippen LogP contribution < -0.4 is 5.32 Å². The molecule has 2 aromatic rings. The molecule has 2 amide bonds. The number of urea groups is 1. The van der Waals surface area contributed by atoms with E-state index in [2.05, 4.69) is 5.32 Å². The second-order valence-corrected chi connectivity index (χ2v) is 6.11. The zero-order chi connectivity index (χ0) is 16.9. The number of rotatable bonds is 4. The standard InChI is InChI=1S/C19H20N2O3/c22-18(23)16-6-4-5-14(12-16)11-15-9-10-21(13-15)19(24)20-17-7-2-1-3-8-17/h1-8,12,15H,9-11,13H2,(H,20,24)(H,22,23). The molecule has 2 aromatic carbocycles. The molecule has 1 aliphatic heterocycles. The molecule has 1 aliphatic rings. The summed E-state index contributed by atoms with van der Waals surface area (Å²) in [6.45, 7) is 1.41. The van der Waals surface area contributed by atoms with Gasteiger partial charge < -0.3 is 15.3 Å². The fourth-order valence-corrected chi connectivity index (χ4v) is 3.07. The third kappa shape index (κ3) is 3.93. The first-order valence-corrected chi connectivity index (χ1v) is 8.05. The van der Waals surface area contributed by atoms with Crippen molar-refractivity contribution in [3.8, 4) is 0 Å². The Labute approximate surface area is 140 Å². The first-order valence-electron chi connectivity index (χ1n) is 8.05. The molecule has 1 atom stereocenters. The second kappa shape index (κ2) is 7.17. The van der Waals surface area contributed by atoms with Crippen LogP contribution in [0.4, 0.5) is 10.5 Å². The lowest BCUT2D eigenvalue weighted by Crippen LogP contribution is -2.33. The first-order chi connectivity index (χ1) is 11.6. The van der Waals surface area contributed by atoms with Crippen LogP contribution in [-0.2, 0) is 6.42 Å². The van der Waals surface area contributed by atoms with E-state index in [1.54, 1.807) is 18.2 Å². The minimum Gasteiger partial charge on any atom is -0.478 e. The van der Waals surface area contributed by atoms with Gasteiger partial charge in [0.2, 0.25) is 0 Å². The maximum atomic E-state index is 12.3. The number of hydrogen-bond donors (Lipinski definition) is 2. The Morgan fingerprint density at radius 3 is 2.67 bits per heavy atom. The maximum Gasteiger partial charge on any atom is 0.335 e. The van der Waals surface area contributed by atoms with Crippen LogP contribution in [0.15, 0.2) is 54.6 Å². The van der Waals surface area contributed by atoms with Gasteiger partial charge in [-0.3, -0.25) is 0 Å². The van der Waals surface area contributed by atoms with Gasteiger partial charge in [-0.1, -0.05) is 30.3 Å².